The number of ether oxygens (including phenoxy) is 2. The van der Waals surface area contributed by atoms with Crippen molar-refractivity contribution in [2.45, 2.75) is 24.8 Å². The van der Waals surface area contributed by atoms with Crippen LogP contribution in [0.1, 0.15) is 13.3 Å². The van der Waals surface area contributed by atoms with Crippen molar-refractivity contribution in [1.82, 2.24) is 4.57 Å². The quantitative estimate of drug-likeness (QED) is 0.443. The number of benzene rings is 2. The van der Waals surface area contributed by atoms with E-state index in [4.69, 9.17) is 21.1 Å². The van der Waals surface area contributed by atoms with E-state index in [9.17, 15) is 18.0 Å². The van der Waals surface area contributed by atoms with E-state index >= 15 is 0 Å². The molecular formula is C21H21ClN2O6S2. The fraction of sp³-hybridized carbons (Fsp3) is 0.286. The molecule has 0 saturated heterocycles. The minimum atomic E-state index is -3.67. The first kappa shape index (κ1) is 24.0. The van der Waals surface area contributed by atoms with Gasteiger partial charge in [-0.05, 0) is 49.4 Å². The molecule has 3 rings (SSSR count). The summed E-state index contributed by atoms with van der Waals surface area (Å²) in [6.45, 7) is 1.79. The van der Waals surface area contributed by atoms with Gasteiger partial charge in [-0.3, -0.25) is 9.59 Å². The molecule has 0 aliphatic rings. The zero-order valence-corrected chi connectivity index (χ0v) is 19.8. The molecule has 2 aromatic carbocycles. The highest BCUT2D eigenvalue weighted by molar-refractivity contribution is 7.91. The lowest BCUT2D eigenvalue weighted by atomic mass is 10.3. The van der Waals surface area contributed by atoms with Crippen LogP contribution in [0.3, 0.4) is 0 Å². The van der Waals surface area contributed by atoms with Crippen LogP contribution in [0.15, 0.2) is 52.4 Å². The Morgan fingerprint density at radius 3 is 2.53 bits per heavy atom. The highest BCUT2D eigenvalue weighted by Crippen LogP contribution is 2.22. The molecule has 0 bridgehead atoms. The molecule has 1 aromatic heterocycles. The Kier molecular flexibility index (Phi) is 7.70. The number of thiazole rings is 1. The highest BCUT2D eigenvalue weighted by Gasteiger charge is 2.17. The van der Waals surface area contributed by atoms with Crippen LogP contribution >= 0.6 is 22.9 Å². The number of halogens is 1. The number of carbonyl (C=O) groups is 2. The van der Waals surface area contributed by atoms with Crippen LogP contribution in [0.2, 0.25) is 5.02 Å². The van der Waals surface area contributed by atoms with Gasteiger partial charge in [0.1, 0.15) is 12.3 Å². The Balaban J connectivity index is 1.85. The number of amides is 1. The summed E-state index contributed by atoms with van der Waals surface area (Å²) in [6.07, 6.45) is -0.303. The molecule has 0 aliphatic carbocycles. The van der Waals surface area contributed by atoms with E-state index in [0.29, 0.717) is 16.3 Å². The van der Waals surface area contributed by atoms with Gasteiger partial charge in [0.2, 0.25) is 5.91 Å². The first-order valence-corrected chi connectivity index (χ1v) is 12.5. The average Bonchev–Trinajstić information content (AvgIpc) is 3.08. The van der Waals surface area contributed by atoms with Crippen LogP contribution in [0.5, 0.6) is 5.75 Å². The summed E-state index contributed by atoms with van der Waals surface area (Å²) >= 11 is 7.23. The normalized spacial score (nSPS) is 12.2. The molecule has 1 amide bonds. The minimum absolute atomic E-state index is 0.0972. The number of methoxy groups -OCH3 is 1. The number of esters is 1. The van der Waals surface area contributed by atoms with Crippen LogP contribution in [-0.2, 0) is 30.7 Å². The van der Waals surface area contributed by atoms with E-state index in [1.807, 2.05) is 0 Å². The van der Waals surface area contributed by atoms with Gasteiger partial charge < -0.3 is 14.0 Å². The van der Waals surface area contributed by atoms with E-state index in [0.717, 1.165) is 4.70 Å². The Hall–Kier alpha value is -2.69. The van der Waals surface area contributed by atoms with Crippen LogP contribution in [0, 0.1) is 0 Å². The number of rotatable bonds is 8. The van der Waals surface area contributed by atoms with E-state index < -0.39 is 27.5 Å². The topological polar surface area (TPSA) is 104 Å². The van der Waals surface area contributed by atoms with Crippen LogP contribution < -0.4 is 9.54 Å². The molecule has 0 saturated carbocycles. The van der Waals surface area contributed by atoms with Gasteiger partial charge in [0.25, 0.3) is 0 Å². The van der Waals surface area contributed by atoms with Gasteiger partial charge in [0.05, 0.1) is 34.6 Å². The lowest BCUT2D eigenvalue weighted by Gasteiger charge is -2.05. The molecule has 0 radical (unpaired) electrons. The van der Waals surface area contributed by atoms with Crippen molar-refractivity contribution in [1.29, 1.82) is 0 Å². The highest BCUT2D eigenvalue weighted by atomic mass is 35.5. The number of carbonyl (C=O) groups excluding carboxylic acids is 2. The summed E-state index contributed by atoms with van der Waals surface area (Å²) in [6, 6.07) is 11.0. The molecule has 3 aromatic rings. The maximum absolute atomic E-state index is 12.5. The third-order valence-electron chi connectivity index (χ3n) is 4.46. The van der Waals surface area contributed by atoms with Gasteiger partial charge in [-0.15, -0.1) is 0 Å². The monoisotopic (exact) mass is 496 g/mol. The van der Waals surface area contributed by atoms with Crippen molar-refractivity contribution < 1.29 is 27.5 Å². The van der Waals surface area contributed by atoms with Gasteiger partial charge in [0, 0.05) is 11.4 Å². The minimum Gasteiger partial charge on any atom is -0.497 e. The van der Waals surface area contributed by atoms with Crippen molar-refractivity contribution in [3.05, 3.63) is 52.3 Å². The lowest BCUT2D eigenvalue weighted by Crippen LogP contribution is -2.23. The lowest BCUT2D eigenvalue weighted by molar-refractivity contribution is -0.143. The van der Waals surface area contributed by atoms with Crippen molar-refractivity contribution in [3.8, 4) is 5.75 Å². The van der Waals surface area contributed by atoms with Crippen LogP contribution in [-0.4, -0.2) is 44.3 Å². The number of sulfone groups is 1. The number of fused-ring (bicyclic) bond motifs is 1. The van der Waals surface area contributed by atoms with Gasteiger partial charge in [-0.2, -0.15) is 4.99 Å². The molecule has 0 fully saturated rings. The summed E-state index contributed by atoms with van der Waals surface area (Å²) in [4.78, 5) is 29.0. The van der Waals surface area contributed by atoms with Crippen molar-refractivity contribution >= 4 is 54.9 Å². The summed E-state index contributed by atoms with van der Waals surface area (Å²) < 4.78 is 37.4. The van der Waals surface area contributed by atoms with Crippen LogP contribution in [0.25, 0.3) is 10.2 Å². The van der Waals surface area contributed by atoms with E-state index in [1.165, 1.54) is 30.6 Å². The Morgan fingerprint density at radius 2 is 1.88 bits per heavy atom. The standard InChI is InChI=1S/C21H21ClN2O6S2/c1-3-30-20(26)13-24-17-9-4-14(22)12-18(17)31-21(24)23-19(25)10-11-32(27,28)16-7-5-15(29-2)6-8-16/h4-9,12H,3,10-11,13H2,1-2H3. The molecule has 0 aliphatic heterocycles. The summed E-state index contributed by atoms with van der Waals surface area (Å²) in [7, 11) is -2.18. The molecule has 1 heterocycles. The largest absolute Gasteiger partial charge is 0.497 e. The number of nitrogens with zero attached hydrogens (tertiary/aromatic N) is 2. The zero-order chi connectivity index (χ0) is 23.3. The van der Waals surface area contributed by atoms with Crippen molar-refractivity contribution in [2.24, 2.45) is 4.99 Å². The van der Waals surface area contributed by atoms with Gasteiger partial charge in [-0.1, -0.05) is 22.9 Å². The molecule has 0 unspecified atom stereocenters. The first-order chi connectivity index (χ1) is 15.2. The van der Waals surface area contributed by atoms with Crippen molar-refractivity contribution in [2.75, 3.05) is 19.5 Å². The van der Waals surface area contributed by atoms with Crippen molar-refractivity contribution in [3.63, 3.8) is 0 Å². The SMILES string of the molecule is CCOC(=O)Cn1c(=NC(=O)CCS(=O)(=O)c2ccc(OC)cc2)sc2cc(Cl)ccc21. The van der Waals surface area contributed by atoms with Gasteiger partial charge in [-0.25, -0.2) is 8.42 Å². The Bertz CT molecular complexity index is 1310. The second kappa shape index (κ2) is 10.3. The van der Waals surface area contributed by atoms with E-state index in [2.05, 4.69) is 4.99 Å². The number of aromatic nitrogens is 1. The summed E-state index contributed by atoms with van der Waals surface area (Å²) in [5.41, 5.74) is 0.671. The maximum atomic E-state index is 12.5. The molecule has 32 heavy (non-hydrogen) atoms. The molecule has 170 valence electrons. The maximum Gasteiger partial charge on any atom is 0.326 e. The first-order valence-electron chi connectivity index (χ1n) is 9.62. The Morgan fingerprint density at radius 1 is 1.16 bits per heavy atom. The predicted octanol–water partition coefficient (Wildman–Crippen LogP) is 3.22. The fourth-order valence-electron chi connectivity index (χ4n) is 2.91. The van der Waals surface area contributed by atoms with Gasteiger partial charge >= 0.3 is 5.97 Å². The number of hydrogen-bond acceptors (Lipinski definition) is 7. The molecule has 8 nitrogen and oxygen atoms in total. The smallest absolute Gasteiger partial charge is 0.326 e. The molecular weight excluding hydrogens is 476 g/mol. The third-order valence-corrected chi connectivity index (χ3v) is 7.47. The molecule has 0 spiro atoms. The second-order valence-corrected chi connectivity index (χ2v) is 10.2. The third kappa shape index (κ3) is 5.76. The zero-order valence-electron chi connectivity index (χ0n) is 17.4. The average molecular weight is 497 g/mol. The van der Waals surface area contributed by atoms with Gasteiger partial charge in [0.15, 0.2) is 14.6 Å². The van der Waals surface area contributed by atoms with Crippen LogP contribution in [0.4, 0.5) is 0 Å². The molecule has 0 atom stereocenters. The second-order valence-electron chi connectivity index (χ2n) is 6.64. The fourth-order valence-corrected chi connectivity index (χ4v) is 5.46. The molecule has 11 heteroatoms. The summed E-state index contributed by atoms with van der Waals surface area (Å²) in [5.74, 6) is -0.947. The van der Waals surface area contributed by atoms with E-state index in [1.54, 1.807) is 41.8 Å². The van der Waals surface area contributed by atoms with E-state index in [-0.39, 0.29) is 29.3 Å². The summed E-state index contributed by atoms with van der Waals surface area (Å²) in [5, 5.41) is 0.505. The Labute approximate surface area is 194 Å². The predicted molar refractivity (Wildman–Crippen MR) is 122 cm³/mol. The molecule has 0 N–H and O–H groups in total. The number of hydrogen-bond donors (Lipinski definition) is 0.